The summed E-state index contributed by atoms with van der Waals surface area (Å²) in [5.74, 6) is 1.56. The van der Waals surface area contributed by atoms with Crippen LogP contribution in [0.5, 0.6) is 5.75 Å². The molecule has 0 fully saturated rings. The van der Waals surface area contributed by atoms with Crippen molar-refractivity contribution < 1.29 is 4.74 Å². The smallest absolute Gasteiger partial charge is 0.138 e. The number of anilines is 2. The molecule has 1 N–H and O–H groups in total. The molecule has 0 saturated carbocycles. The highest BCUT2D eigenvalue weighted by molar-refractivity contribution is 6.29. The maximum atomic E-state index is 6.09. The van der Waals surface area contributed by atoms with E-state index in [9.17, 15) is 0 Å². The first-order chi connectivity index (χ1) is 13.2. The van der Waals surface area contributed by atoms with Gasteiger partial charge in [0.25, 0.3) is 0 Å². The van der Waals surface area contributed by atoms with Crippen LogP contribution in [0.15, 0.2) is 73.3 Å². The highest BCUT2D eigenvalue weighted by Crippen LogP contribution is 2.29. The molecule has 0 unspecified atom stereocenters. The summed E-state index contributed by atoms with van der Waals surface area (Å²) in [4.78, 5) is 12.6. The van der Waals surface area contributed by atoms with Crippen molar-refractivity contribution in [2.75, 3.05) is 5.32 Å². The van der Waals surface area contributed by atoms with Crippen molar-refractivity contribution in [3.8, 4) is 5.75 Å². The van der Waals surface area contributed by atoms with Crippen LogP contribution in [0, 0.1) is 0 Å². The van der Waals surface area contributed by atoms with Crippen molar-refractivity contribution in [1.29, 1.82) is 0 Å². The van der Waals surface area contributed by atoms with Crippen molar-refractivity contribution >= 4 is 33.9 Å². The molecule has 0 aliphatic carbocycles. The zero-order valence-electron chi connectivity index (χ0n) is 14.6. The molecule has 6 heteroatoms. The number of rotatable bonds is 5. The molecule has 5 nitrogen and oxygen atoms in total. The number of hydrogen-bond acceptors (Lipinski definition) is 5. The van der Waals surface area contributed by atoms with E-state index in [1.54, 1.807) is 30.9 Å². The fraction of sp³-hybridized carbons (Fsp3) is 0.0952. The van der Waals surface area contributed by atoms with E-state index in [-0.39, 0.29) is 6.10 Å². The lowest BCUT2D eigenvalue weighted by Crippen LogP contribution is -2.03. The third-order valence-corrected chi connectivity index (χ3v) is 4.44. The predicted octanol–water partition coefficient (Wildman–Crippen LogP) is 5.56. The summed E-state index contributed by atoms with van der Waals surface area (Å²) in [7, 11) is 0. The number of ether oxygens (including phenoxy) is 1. The molecule has 4 aromatic rings. The van der Waals surface area contributed by atoms with Crippen LogP contribution in [0.25, 0.3) is 10.8 Å². The van der Waals surface area contributed by atoms with Crippen LogP contribution < -0.4 is 10.1 Å². The molecule has 3 heterocycles. The van der Waals surface area contributed by atoms with Gasteiger partial charge in [0.05, 0.1) is 11.9 Å². The Morgan fingerprint density at radius 2 is 1.81 bits per heavy atom. The summed E-state index contributed by atoms with van der Waals surface area (Å²) in [5.41, 5.74) is 1.91. The second-order valence-electron chi connectivity index (χ2n) is 6.08. The SMILES string of the molecule is C[C@H](Oc1ccc2c(Nc3ccc(Cl)nc3)nccc2c1)c1ccncc1. The normalized spacial score (nSPS) is 11.9. The van der Waals surface area contributed by atoms with Gasteiger partial charge in [-0.05, 0) is 66.4 Å². The fourth-order valence-corrected chi connectivity index (χ4v) is 2.93. The Morgan fingerprint density at radius 3 is 2.59 bits per heavy atom. The van der Waals surface area contributed by atoms with E-state index in [0.717, 1.165) is 33.6 Å². The standard InChI is InChI=1S/C21H17ClN4O/c1-14(15-6-9-23-10-7-15)27-18-3-4-19-16(12-18)8-11-24-21(19)26-17-2-5-20(22)25-13-17/h2-14H,1H3,(H,24,26)/t14-/m0/s1. The Kier molecular flexibility index (Phi) is 4.85. The number of fused-ring (bicyclic) bond motifs is 1. The Labute approximate surface area is 162 Å². The van der Waals surface area contributed by atoms with Crippen molar-refractivity contribution in [2.45, 2.75) is 13.0 Å². The summed E-state index contributed by atoms with van der Waals surface area (Å²) in [6.07, 6.45) is 6.92. The highest BCUT2D eigenvalue weighted by atomic mass is 35.5. The van der Waals surface area contributed by atoms with Crippen molar-refractivity contribution in [2.24, 2.45) is 0 Å². The van der Waals surface area contributed by atoms with Gasteiger partial charge in [-0.15, -0.1) is 0 Å². The van der Waals surface area contributed by atoms with Gasteiger partial charge in [-0.3, -0.25) is 4.98 Å². The minimum atomic E-state index is -0.0648. The number of benzene rings is 1. The van der Waals surface area contributed by atoms with Gasteiger partial charge in [-0.25, -0.2) is 9.97 Å². The topological polar surface area (TPSA) is 59.9 Å². The van der Waals surface area contributed by atoms with E-state index in [1.165, 1.54) is 0 Å². The second-order valence-corrected chi connectivity index (χ2v) is 6.46. The number of aromatic nitrogens is 3. The van der Waals surface area contributed by atoms with Crippen LogP contribution in [-0.2, 0) is 0 Å². The summed E-state index contributed by atoms with van der Waals surface area (Å²) in [6, 6.07) is 15.4. The average molecular weight is 377 g/mol. The lowest BCUT2D eigenvalue weighted by molar-refractivity contribution is 0.227. The van der Waals surface area contributed by atoms with Crippen molar-refractivity contribution in [3.05, 3.63) is 84.0 Å². The molecular formula is C21H17ClN4O. The fourth-order valence-electron chi connectivity index (χ4n) is 2.82. The maximum Gasteiger partial charge on any atom is 0.138 e. The average Bonchev–Trinajstić information content (AvgIpc) is 2.70. The van der Waals surface area contributed by atoms with Crippen molar-refractivity contribution in [3.63, 3.8) is 0 Å². The zero-order chi connectivity index (χ0) is 18.6. The number of nitrogens with one attached hydrogen (secondary N) is 1. The molecule has 1 aromatic carbocycles. The first kappa shape index (κ1) is 17.2. The van der Waals surface area contributed by atoms with Crippen LogP contribution in [0.3, 0.4) is 0 Å². The number of nitrogens with zero attached hydrogens (tertiary/aromatic N) is 3. The molecule has 0 aliphatic rings. The Morgan fingerprint density at radius 1 is 0.963 bits per heavy atom. The minimum Gasteiger partial charge on any atom is -0.486 e. The highest BCUT2D eigenvalue weighted by Gasteiger charge is 2.09. The lowest BCUT2D eigenvalue weighted by Gasteiger charge is -2.16. The molecule has 0 spiro atoms. The molecule has 0 amide bonds. The molecule has 134 valence electrons. The molecule has 0 radical (unpaired) electrons. The molecule has 0 aliphatic heterocycles. The summed E-state index contributed by atoms with van der Waals surface area (Å²) >= 11 is 5.84. The molecule has 27 heavy (non-hydrogen) atoms. The van der Waals surface area contributed by atoms with E-state index in [1.807, 2.05) is 49.4 Å². The van der Waals surface area contributed by atoms with Gasteiger partial charge >= 0.3 is 0 Å². The quantitative estimate of drug-likeness (QED) is 0.462. The monoisotopic (exact) mass is 376 g/mol. The van der Waals surface area contributed by atoms with E-state index < -0.39 is 0 Å². The Hall–Kier alpha value is -3.18. The van der Waals surface area contributed by atoms with Gasteiger partial charge in [0, 0.05) is 24.0 Å². The first-order valence-corrected chi connectivity index (χ1v) is 8.91. The second kappa shape index (κ2) is 7.60. The van der Waals surface area contributed by atoms with E-state index >= 15 is 0 Å². The summed E-state index contributed by atoms with van der Waals surface area (Å²) in [5, 5.41) is 5.77. The Bertz CT molecular complexity index is 1050. The molecule has 0 bridgehead atoms. The van der Waals surface area contributed by atoms with Gasteiger partial charge in [0.15, 0.2) is 0 Å². The maximum absolute atomic E-state index is 6.09. The van der Waals surface area contributed by atoms with Crippen LogP contribution in [-0.4, -0.2) is 15.0 Å². The largest absolute Gasteiger partial charge is 0.486 e. The number of halogens is 1. The van der Waals surface area contributed by atoms with E-state index in [2.05, 4.69) is 20.3 Å². The summed E-state index contributed by atoms with van der Waals surface area (Å²) in [6.45, 7) is 2.02. The van der Waals surface area contributed by atoms with Crippen LogP contribution in [0.2, 0.25) is 5.15 Å². The Balaban J connectivity index is 1.59. The van der Waals surface area contributed by atoms with Crippen LogP contribution in [0.4, 0.5) is 11.5 Å². The predicted molar refractivity (Wildman–Crippen MR) is 108 cm³/mol. The zero-order valence-corrected chi connectivity index (χ0v) is 15.4. The molecular weight excluding hydrogens is 360 g/mol. The van der Waals surface area contributed by atoms with Gasteiger partial charge in [-0.2, -0.15) is 0 Å². The molecule has 3 aromatic heterocycles. The first-order valence-electron chi connectivity index (χ1n) is 8.53. The van der Waals surface area contributed by atoms with Gasteiger partial charge < -0.3 is 10.1 Å². The third kappa shape index (κ3) is 3.99. The molecule has 4 rings (SSSR count). The number of hydrogen-bond donors (Lipinski definition) is 1. The third-order valence-electron chi connectivity index (χ3n) is 4.21. The lowest BCUT2D eigenvalue weighted by atomic mass is 10.1. The van der Waals surface area contributed by atoms with Gasteiger partial charge in [0.1, 0.15) is 22.8 Å². The van der Waals surface area contributed by atoms with Crippen LogP contribution >= 0.6 is 11.6 Å². The molecule has 1 atom stereocenters. The molecule has 0 saturated heterocycles. The minimum absolute atomic E-state index is 0.0648. The number of pyridine rings is 3. The van der Waals surface area contributed by atoms with Crippen LogP contribution in [0.1, 0.15) is 18.6 Å². The van der Waals surface area contributed by atoms with Gasteiger partial charge in [-0.1, -0.05) is 11.6 Å². The van der Waals surface area contributed by atoms with Gasteiger partial charge in [0.2, 0.25) is 0 Å². The van der Waals surface area contributed by atoms with E-state index in [4.69, 9.17) is 16.3 Å². The van der Waals surface area contributed by atoms with Crippen molar-refractivity contribution in [1.82, 2.24) is 15.0 Å². The van der Waals surface area contributed by atoms with E-state index in [0.29, 0.717) is 5.15 Å². The summed E-state index contributed by atoms with van der Waals surface area (Å²) < 4.78 is 6.09.